The summed E-state index contributed by atoms with van der Waals surface area (Å²) in [6.45, 7) is 4.31. The third kappa shape index (κ3) is 3.71. The summed E-state index contributed by atoms with van der Waals surface area (Å²) < 4.78 is 10.2. The van der Waals surface area contributed by atoms with E-state index in [1.807, 2.05) is 19.9 Å². The van der Waals surface area contributed by atoms with Gasteiger partial charge in [-0.2, -0.15) is 0 Å². The largest absolute Gasteiger partial charge is 0.472 e. The summed E-state index contributed by atoms with van der Waals surface area (Å²) in [5.41, 5.74) is 4.05. The molecule has 0 fully saturated rings. The lowest BCUT2D eigenvalue weighted by molar-refractivity contribution is -0.121. The van der Waals surface area contributed by atoms with E-state index in [9.17, 15) is 4.79 Å². The monoisotopic (exact) mass is 330 g/mol. The van der Waals surface area contributed by atoms with Crippen molar-refractivity contribution in [3.05, 3.63) is 51.9 Å². The summed E-state index contributed by atoms with van der Waals surface area (Å²) in [6, 6.07) is 4.00. The van der Waals surface area contributed by atoms with Crippen molar-refractivity contribution < 1.29 is 13.7 Å². The first kappa shape index (κ1) is 15.6. The van der Waals surface area contributed by atoms with Gasteiger partial charge in [-0.05, 0) is 43.3 Å². The van der Waals surface area contributed by atoms with Crippen LogP contribution in [0.2, 0.25) is 0 Å². The van der Waals surface area contributed by atoms with E-state index in [1.165, 1.54) is 0 Å². The summed E-state index contributed by atoms with van der Waals surface area (Å²) in [6.07, 6.45) is 4.46. The molecule has 0 aromatic carbocycles. The Labute approximate surface area is 138 Å². The number of hydrogen-bond acceptors (Lipinski definition) is 5. The predicted molar refractivity (Wildman–Crippen MR) is 88.2 cm³/mol. The molecule has 3 aromatic heterocycles. The SMILES string of the molecule is Cc1noc(C)c1CCC(=O)NCc1cc(-c2ccoc2)cs1. The molecule has 120 valence electrons. The molecule has 0 aliphatic rings. The highest BCUT2D eigenvalue weighted by Gasteiger charge is 2.11. The average molecular weight is 330 g/mol. The lowest BCUT2D eigenvalue weighted by Gasteiger charge is -2.03. The molecular weight excluding hydrogens is 312 g/mol. The highest BCUT2D eigenvalue weighted by atomic mass is 32.1. The molecule has 0 unspecified atom stereocenters. The van der Waals surface area contributed by atoms with Gasteiger partial charge < -0.3 is 14.3 Å². The number of aromatic nitrogens is 1. The van der Waals surface area contributed by atoms with Gasteiger partial charge in [-0.3, -0.25) is 4.79 Å². The Balaban J connectivity index is 1.49. The minimum atomic E-state index is 0.0308. The molecular formula is C17H18N2O3S. The molecule has 1 amide bonds. The topological polar surface area (TPSA) is 68.3 Å². The number of nitrogens with one attached hydrogen (secondary N) is 1. The number of rotatable bonds is 6. The molecule has 0 radical (unpaired) electrons. The van der Waals surface area contributed by atoms with Crippen molar-refractivity contribution in [2.24, 2.45) is 0 Å². The average Bonchev–Trinajstić information content (AvgIpc) is 3.25. The number of furan rings is 1. The van der Waals surface area contributed by atoms with Gasteiger partial charge in [-0.15, -0.1) is 11.3 Å². The van der Waals surface area contributed by atoms with Gasteiger partial charge in [0, 0.05) is 22.4 Å². The Kier molecular flexibility index (Phi) is 4.62. The Hall–Kier alpha value is -2.34. The maximum Gasteiger partial charge on any atom is 0.220 e. The minimum Gasteiger partial charge on any atom is -0.472 e. The number of hydrogen-bond donors (Lipinski definition) is 1. The number of amides is 1. The van der Waals surface area contributed by atoms with Crippen molar-refractivity contribution in [3.8, 4) is 11.1 Å². The van der Waals surface area contributed by atoms with Crippen molar-refractivity contribution in [1.29, 1.82) is 0 Å². The maximum atomic E-state index is 12.0. The van der Waals surface area contributed by atoms with Crippen LogP contribution in [0.4, 0.5) is 0 Å². The number of carbonyl (C=O) groups excluding carboxylic acids is 1. The van der Waals surface area contributed by atoms with E-state index in [-0.39, 0.29) is 5.91 Å². The molecule has 3 heterocycles. The Morgan fingerprint density at radius 3 is 2.91 bits per heavy atom. The highest BCUT2D eigenvalue weighted by molar-refractivity contribution is 7.10. The molecule has 23 heavy (non-hydrogen) atoms. The number of nitrogens with zero attached hydrogens (tertiary/aromatic N) is 1. The summed E-state index contributed by atoms with van der Waals surface area (Å²) in [7, 11) is 0. The standard InChI is InChI=1S/C17H18N2O3S/c1-11-16(12(2)22-19-11)3-4-17(20)18-8-15-7-14(10-23-15)13-5-6-21-9-13/h5-7,9-10H,3-4,8H2,1-2H3,(H,18,20). The van der Waals surface area contributed by atoms with Crippen LogP contribution in [-0.2, 0) is 17.8 Å². The van der Waals surface area contributed by atoms with Gasteiger partial charge in [0.15, 0.2) is 0 Å². The van der Waals surface area contributed by atoms with E-state index < -0.39 is 0 Å². The summed E-state index contributed by atoms with van der Waals surface area (Å²) >= 11 is 1.63. The van der Waals surface area contributed by atoms with Crippen molar-refractivity contribution in [3.63, 3.8) is 0 Å². The smallest absolute Gasteiger partial charge is 0.220 e. The van der Waals surface area contributed by atoms with Crippen molar-refractivity contribution in [2.45, 2.75) is 33.2 Å². The second-order valence-electron chi connectivity index (χ2n) is 5.39. The van der Waals surface area contributed by atoms with Crippen LogP contribution >= 0.6 is 11.3 Å². The Morgan fingerprint density at radius 1 is 1.35 bits per heavy atom. The van der Waals surface area contributed by atoms with E-state index in [0.717, 1.165) is 33.0 Å². The minimum absolute atomic E-state index is 0.0308. The van der Waals surface area contributed by atoms with Gasteiger partial charge in [-0.25, -0.2) is 0 Å². The first-order chi connectivity index (χ1) is 11.1. The number of aryl methyl sites for hydroxylation is 2. The van der Waals surface area contributed by atoms with E-state index in [0.29, 0.717) is 19.4 Å². The van der Waals surface area contributed by atoms with Crippen LogP contribution in [0.5, 0.6) is 0 Å². The predicted octanol–water partition coefficient (Wildman–Crippen LogP) is 3.86. The molecule has 3 aromatic rings. The first-order valence-corrected chi connectivity index (χ1v) is 8.30. The molecule has 0 spiro atoms. The Morgan fingerprint density at radius 2 is 2.22 bits per heavy atom. The van der Waals surface area contributed by atoms with Gasteiger partial charge >= 0.3 is 0 Å². The molecule has 0 atom stereocenters. The van der Waals surface area contributed by atoms with Crippen LogP contribution < -0.4 is 5.32 Å². The fourth-order valence-corrected chi connectivity index (χ4v) is 3.26. The van der Waals surface area contributed by atoms with E-state index >= 15 is 0 Å². The normalized spacial score (nSPS) is 10.9. The van der Waals surface area contributed by atoms with Gasteiger partial charge in [-0.1, -0.05) is 5.16 Å². The van der Waals surface area contributed by atoms with E-state index in [4.69, 9.17) is 8.94 Å². The second kappa shape index (κ2) is 6.83. The quantitative estimate of drug-likeness (QED) is 0.745. The zero-order valence-corrected chi connectivity index (χ0v) is 13.9. The van der Waals surface area contributed by atoms with Gasteiger partial charge in [0.25, 0.3) is 0 Å². The fourth-order valence-electron chi connectivity index (χ4n) is 2.42. The van der Waals surface area contributed by atoms with Crippen LogP contribution in [0.15, 0.2) is 39.0 Å². The molecule has 0 saturated carbocycles. The summed E-state index contributed by atoms with van der Waals surface area (Å²) in [4.78, 5) is 13.1. The van der Waals surface area contributed by atoms with Crippen LogP contribution in [-0.4, -0.2) is 11.1 Å². The first-order valence-electron chi connectivity index (χ1n) is 7.42. The zero-order valence-electron chi connectivity index (χ0n) is 13.1. The molecule has 6 heteroatoms. The third-order valence-corrected chi connectivity index (χ3v) is 4.69. The van der Waals surface area contributed by atoms with Crippen LogP contribution in [0, 0.1) is 13.8 Å². The van der Waals surface area contributed by atoms with Crippen molar-refractivity contribution in [1.82, 2.24) is 10.5 Å². The van der Waals surface area contributed by atoms with Crippen LogP contribution in [0.25, 0.3) is 11.1 Å². The van der Waals surface area contributed by atoms with Crippen molar-refractivity contribution >= 4 is 17.2 Å². The molecule has 5 nitrogen and oxygen atoms in total. The second-order valence-corrected chi connectivity index (χ2v) is 6.39. The zero-order chi connectivity index (χ0) is 16.2. The maximum absolute atomic E-state index is 12.0. The van der Waals surface area contributed by atoms with Gasteiger partial charge in [0.2, 0.25) is 5.91 Å². The van der Waals surface area contributed by atoms with Gasteiger partial charge in [0.05, 0.1) is 24.8 Å². The van der Waals surface area contributed by atoms with Gasteiger partial charge in [0.1, 0.15) is 5.76 Å². The summed E-state index contributed by atoms with van der Waals surface area (Å²) in [5.74, 6) is 0.821. The molecule has 0 bridgehead atoms. The number of thiophene rings is 1. The lowest BCUT2D eigenvalue weighted by atomic mass is 10.1. The van der Waals surface area contributed by atoms with E-state index in [1.54, 1.807) is 23.9 Å². The third-order valence-electron chi connectivity index (χ3n) is 3.75. The molecule has 0 aliphatic carbocycles. The lowest BCUT2D eigenvalue weighted by Crippen LogP contribution is -2.22. The molecule has 3 rings (SSSR count). The highest BCUT2D eigenvalue weighted by Crippen LogP contribution is 2.25. The Bertz CT molecular complexity index is 767. The summed E-state index contributed by atoms with van der Waals surface area (Å²) in [5, 5.41) is 8.92. The van der Waals surface area contributed by atoms with E-state index in [2.05, 4.69) is 21.9 Å². The van der Waals surface area contributed by atoms with Crippen LogP contribution in [0.3, 0.4) is 0 Å². The molecule has 1 N–H and O–H groups in total. The fraction of sp³-hybridized carbons (Fsp3) is 0.294. The molecule has 0 aliphatic heterocycles. The van der Waals surface area contributed by atoms with Crippen molar-refractivity contribution in [2.75, 3.05) is 0 Å². The number of carbonyl (C=O) groups is 1. The molecule has 0 saturated heterocycles. The van der Waals surface area contributed by atoms with Crippen LogP contribution in [0.1, 0.15) is 28.3 Å².